The average molecular weight is 511 g/mol. The first kappa shape index (κ1) is 27.2. The van der Waals surface area contributed by atoms with Gasteiger partial charge in [-0.2, -0.15) is 17.4 Å². The maximum atomic E-state index is 14.5. The van der Waals surface area contributed by atoms with Crippen molar-refractivity contribution in [2.24, 2.45) is 5.73 Å². The Hall–Kier alpha value is -4.08. The van der Waals surface area contributed by atoms with Gasteiger partial charge in [-0.05, 0) is 30.3 Å². The molecule has 0 radical (unpaired) electrons. The Labute approximate surface area is 199 Å². The van der Waals surface area contributed by atoms with Gasteiger partial charge < -0.3 is 26.0 Å². The van der Waals surface area contributed by atoms with E-state index >= 15 is 0 Å². The lowest BCUT2D eigenvalue weighted by Crippen LogP contribution is -2.48. The molecule has 15 heteroatoms. The van der Waals surface area contributed by atoms with Crippen LogP contribution in [-0.2, 0) is 26.3 Å². The Balaban J connectivity index is 2.05. The maximum Gasteiger partial charge on any atom is 0.343 e. The Kier molecular flexibility index (Phi) is 8.82. The highest BCUT2D eigenvalue weighted by Crippen LogP contribution is 2.19. The van der Waals surface area contributed by atoms with Crippen molar-refractivity contribution in [2.75, 3.05) is 12.4 Å². The molecule has 2 aromatic carbocycles. The van der Waals surface area contributed by atoms with Crippen molar-refractivity contribution in [3.8, 4) is 5.75 Å². The third-order valence-corrected chi connectivity index (χ3v) is 6.07. The lowest BCUT2D eigenvalue weighted by molar-refractivity contribution is -0.147. The summed E-state index contributed by atoms with van der Waals surface area (Å²) in [5.74, 6) is -5.34. The summed E-state index contributed by atoms with van der Waals surface area (Å²) in [5.41, 5.74) is 5.67. The zero-order valence-corrected chi connectivity index (χ0v) is 19.0. The van der Waals surface area contributed by atoms with Crippen LogP contribution in [0.15, 0.2) is 42.5 Å². The molecule has 0 aromatic heterocycles. The summed E-state index contributed by atoms with van der Waals surface area (Å²) in [6.07, 6.45) is -0.975. The van der Waals surface area contributed by atoms with Gasteiger partial charge in [0, 0.05) is 30.9 Å². The lowest BCUT2D eigenvalue weighted by Gasteiger charge is -2.23. The van der Waals surface area contributed by atoms with Crippen LogP contribution in [0.1, 0.15) is 22.3 Å². The number of nitrogens with one attached hydrogen (secondary N) is 3. The molecule has 0 amide bonds. The van der Waals surface area contributed by atoms with Crippen LogP contribution in [0.25, 0.3) is 0 Å². The normalized spacial score (nSPS) is 12.1. The van der Waals surface area contributed by atoms with Crippen molar-refractivity contribution >= 4 is 39.8 Å². The Morgan fingerprint density at radius 1 is 1.17 bits per heavy atom. The molecule has 0 spiro atoms. The third-order valence-electron chi connectivity index (χ3n) is 4.55. The van der Waals surface area contributed by atoms with Crippen molar-refractivity contribution in [1.29, 1.82) is 5.41 Å². The van der Waals surface area contributed by atoms with Gasteiger partial charge in [0.25, 0.3) is 10.2 Å². The molecule has 0 saturated heterocycles. The second-order valence-corrected chi connectivity index (χ2v) is 8.87. The number of carbonyl (C=O) groups excluding carboxylic acids is 1. The summed E-state index contributed by atoms with van der Waals surface area (Å²) in [6, 6.07) is 7.14. The number of guanidine groups is 1. The zero-order chi connectivity index (χ0) is 26.3. The predicted octanol–water partition coefficient (Wildman–Crippen LogP) is 0.544. The summed E-state index contributed by atoms with van der Waals surface area (Å²) in [5, 5.41) is 27.6. The van der Waals surface area contributed by atoms with Crippen LogP contribution < -0.4 is 20.5 Å². The molecular weight excluding hydrogens is 489 g/mol. The summed E-state index contributed by atoms with van der Waals surface area (Å²) in [6.45, 7) is -0.587. The number of rotatable bonds is 11. The molecule has 0 heterocycles. The highest BCUT2D eigenvalue weighted by molar-refractivity contribution is 7.87. The first-order chi connectivity index (χ1) is 16.3. The second kappa shape index (κ2) is 11.4. The van der Waals surface area contributed by atoms with Crippen molar-refractivity contribution in [3.05, 3.63) is 59.4 Å². The minimum absolute atomic E-state index is 0.133. The summed E-state index contributed by atoms with van der Waals surface area (Å²) >= 11 is 0. The number of carboxylic acids is 2. The molecule has 0 saturated carbocycles. The van der Waals surface area contributed by atoms with Gasteiger partial charge in [-0.1, -0.05) is 6.07 Å². The SMILES string of the molecule is CN([C@@H](CC(=O)O)C(=O)O)S(=O)(=O)NCc1ccc(OC(=O)c2ccc(NC(=N)N)cc2)cc1F. The molecule has 188 valence electrons. The van der Waals surface area contributed by atoms with Crippen molar-refractivity contribution < 1.29 is 42.1 Å². The third kappa shape index (κ3) is 7.73. The molecular formula is C20H22FN5O8S. The van der Waals surface area contributed by atoms with Gasteiger partial charge in [0.1, 0.15) is 17.6 Å². The highest BCUT2D eigenvalue weighted by atomic mass is 32.2. The number of halogens is 1. The van der Waals surface area contributed by atoms with E-state index in [1.54, 1.807) is 0 Å². The van der Waals surface area contributed by atoms with Crippen LogP contribution in [0.2, 0.25) is 0 Å². The highest BCUT2D eigenvalue weighted by Gasteiger charge is 2.33. The van der Waals surface area contributed by atoms with Crippen LogP contribution in [0, 0.1) is 11.2 Å². The number of ether oxygens (including phenoxy) is 1. The molecule has 1 atom stereocenters. The van der Waals surface area contributed by atoms with E-state index in [0.717, 1.165) is 19.2 Å². The average Bonchev–Trinajstić information content (AvgIpc) is 2.76. The molecule has 0 fully saturated rings. The van der Waals surface area contributed by atoms with Gasteiger partial charge in [-0.15, -0.1) is 0 Å². The van der Waals surface area contributed by atoms with Crippen LogP contribution in [-0.4, -0.2) is 59.9 Å². The molecule has 0 unspecified atom stereocenters. The number of esters is 1. The first-order valence-corrected chi connectivity index (χ1v) is 11.1. The smallest absolute Gasteiger partial charge is 0.343 e. The van der Waals surface area contributed by atoms with Crippen LogP contribution in [0.4, 0.5) is 10.1 Å². The van der Waals surface area contributed by atoms with Gasteiger partial charge in [0.2, 0.25) is 0 Å². The van der Waals surface area contributed by atoms with E-state index in [-0.39, 0.29) is 22.8 Å². The summed E-state index contributed by atoms with van der Waals surface area (Å²) in [7, 11) is -3.60. The number of nitrogens with two attached hydrogens (primary N) is 1. The van der Waals surface area contributed by atoms with Crippen molar-refractivity contribution in [2.45, 2.75) is 19.0 Å². The van der Waals surface area contributed by atoms with Crippen molar-refractivity contribution in [3.63, 3.8) is 0 Å². The lowest BCUT2D eigenvalue weighted by atomic mass is 10.2. The fourth-order valence-electron chi connectivity index (χ4n) is 2.72. The van der Waals surface area contributed by atoms with Gasteiger partial charge in [-0.25, -0.2) is 9.18 Å². The Bertz CT molecular complexity index is 1240. The molecule has 0 aliphatic carbocycles. The molecule has 13 nitrogen and oxygen atoms in total. The number of aliphatic carboxylic acids is 2. The molecule has 0 bridgehead atoms. The molecule has 7 N–H and O–H groups in total. The van der Waals surface area contributed by atoms with E-state index in [0.29, 0.717) is 9.99 Å². The van der Waals surface area contributed by atoms with E-state index in [2.05, 4.69) is 5.32 Å². The van der Waals surface area contributed by atoms with Crippen molar-refractivity contribution in [1.82, 2.24) is 9.03 Å². The number of hydrogen-bond acceptors (Lipinski definition) is 7. The van der Waals surface area contributed by atoms with Crippen LogP contribution in [0.3, 0.4) is 0 Å². The largest absolute Gasteiger partial charge is 0.481 e. The maximum absolute atomic E-state index is 14.5. The van der Waals surface area contributed by atoms with Gasteiger partial charge in [0.15, 0.2) is 5.96 Å². The monoisotopic (exact) mass is 511 g/mol. The summed E-state index contributed by atoms with van der Waals surface area (Å²) in [4.78, 5) is 34.3. The quantitative estimate of drug-likeness (QED) is 0.107. The molecule has 2 rings (SSSR count). The number of nitrogens with zero attached hydrogens (tertiary/aromatic N) is 1. The minimum Gasteiger partial charge on any atom is -0.481 e. The van der Waals surface area contributed by atoms with Crippen LogP contribution in [0.5, 0.6) is 5.75 Å². The number of carbonyl (C=O) groups is 3. The van der Waals surface area contributed by atoms with Crippen LogP contribution >= 0.6 is 0 Å². The number of carboxylic acid groups (broad SMARTS) is 2. The predicted molar refractivity (Wildman–Crippen MR) is 121 cm³/mol. The number of anilines is 1. The molecule has 2 aromatic rings. The van der Waals surface area contributed by atoms with Gasteiger partial charge in [0.05, 0.1) is 12.0 Å². The fourth-order valence-corrected chi connectivity index (χ4v) is 3.76. The van der Waals surface area contributed by atoms with E-state index in [4.69, 9.17) is 26.1 Å². The molecule has 35 heavy (non-hydrogen) atoms. The van der Waals surface area contributed by atoms with E-state index < -0.39 is 52.9 Å². The van der Waals surface area contributed by atoms with E-state index in [1.165, 1.54) is 30.3 Å². The fraction of sp³-hybridized carbons (Fsp3) is 0.200. The first-order valence-electron chi connectivity index (χ1n) is 9.69. The Morgan fingerprint density at radius 2 is 1.80 bits per heavy atom. The Morgan fingerprint density at radius 3 is 2.31 bits per heavy atom. The number of hydrogen-bond donors (Lipinski definition) is 6. The second-order valence-electron chi connectivity index (χ2n) is 7.05. The number of likely N-dealkylation sites (N-methyl/N-ethyl adjacent to an activating group) is 1. The van der Waals surface area contributed by atoms with Gasteiger partial charge >= 0.3 is 17.9 Å². The topological polar surface area (TPSA) is 212 Å². The standard InChI is InChI=1S/C20H22FN5O8S/c1-26(16(18(29)30)9-17(27)28)35(32,33)24-10-12-4-7-14(8-15(12)21)34-19(31)11-2-5-13(6-3-11)25-20(22)23/h2-8,16,24H,9-10H2,1H3,(H,27,28)(H,29,30)(H4,22,23,25)/t16-/m0/s1. The van der Waals surface area contributed by atoms with E-state index in [9.17, 15) is 27.2 Å². The zero-order valence-electron chi connectivity index (χ0n) is 18.2. The number of benzene rings is 2. The van der Waals surface area contributed by atoms with E-state index in [1.807, 2.05) is 4.72 Å². The minimum atomic E-state index is -4.48. The molecule has 0 aliphatic heterocycles. The van der Waals surface area contributed by atoms with Gasteiger partial charge in [-0.3, -0.25) is 15.0 Å². The molecule has 0 aliphatic rings. The summed E-state index contributed by atoms with van der Waals surface area (Å²) < 4.78 is 46.6.